The molecule has 0 fully saturated rings. The summed E-state index contributed by atoms with van der Waals surface area (Å²) in [6, 6.07) is 20.6. The van der Waals surface area contributed by atoms with Crippen LogP contribution in [-0.2, 0) is 19.1 Å². The van der Waals surface area contributed by atoms with Crippen molar-refractivity contribution >= 4 is 28.9 Å². The molecule has 0 bridgehead atoms. The molecule has 0 aliphatic rings. The van der Waals surface area contributed by atoms with Gasteiger partial charge in [-0.05, 0) is 41.5 Å². The lowest BCUT2D eigenvalue weighted by Crippen LogP contribution is -2.15. The molecule has 1 aromatic heterocycles. The zero-order valence-corrected chi connectivity index (χ0v) is 19.5. The second-order valence-electron chi connectivity index (χ2n) is 8.21. The number of nitrogen functional groups attached to an aromatic ring is 1. The molecule has 3 aromatic carbocycles. The number of carbonyl (C=O) groups is 1. The van der Waals surface area contributed by atoms with Crippen LogP contribution >= 0.6 is 0 Å². The molecule has 0 saturated carbocycles. The molecule has 4 rings (SSSR count). The summed E-state index contributed by atoms with van der Waals surface area (Å²) < 4.78 is 39.0. The predicted octanol–water partition coefficient (Wildman–Crippen LogP) is 5.55. The van der Waals surface area contributed by atoms with Crippen molar-refractivity contribution in [3.05, 3.63) is 113 Å². The van der Waals surface area contributed by atoms with Gasteiger partial charge in [-0.15, -0.1) is 0 Å². The van der Waals surface area contributed by atoms with Crippen LogP contribution in [-0.4, -0.2) is 21.6 Å². The van der Waals surface area contributed by atoms with E-state index in [0.717, 1.165) is 17.7 Å². The average molecular weight is 505 g/mol. The van der Waals surface area contributed by atoms with Gasteiger partial charge in [-0.2, -0.15) is 13.2 Å². The fourth-order valence-electron chi connectivity index (χ4n) is 3.70. The van der Waals surface area contributed by atoms with Crippen molar-refractivity contribution in [3.63, 3.8) is 0 Å². The maximum absolute atomic E-state index is 13.0. The van der Waals surface area contributed by atoms with Crippen LogP contribution in [0.2, 0.25) is 0 Å². The third kappa shape index (κ3) is 6.49. The monoisotopic (exact) mass is 504 g/mol. The van der Waals surface area contributed by atoms with E-state index in [0.29, 0.717) is 29.2 Å². The molecule has 5 N–H and O–H groups in total. The van der Waals surface area contributed by atoms with E-state index in [2.05, 4.69) is 20.6 Å². The molecule has 1 heterocycles. The molecule has 0 spiro atoms. The lowest BCUT2D eigenvalue weighted by molar-refractivity contribution is -0.137. The minimum absolute atomic E-state index is 0.115. The normalized spacial score (nSPS) is 11.1. The summed E-state index contributed by atoms with van der Waals surface area (Å²) in [5.41, 5.74) is 7.69. The van der Waals surface area contributed by atoms with E-state index < -0.39 is 17.6 Å². The van der Waals surface area contributed by atoms with Crippen LogP contribution in [0.25, 0.3) is 0 Å². The van der Waals surface area contributed by atoms with Crippen molar-refractivity contribution in [2.75, 3.05) is 16.4 Å². The summed E-state index contributed by atoms with van der Waals surface area (Å²) >= 11 is 0. The fourth-order valence-corrected chi connectivity index (χ4v) is 3.70. The van der Waals surface area contributed by atoms with Gasteiger partial charge in [-0.1, -0.05) is 48.5 Å². The number of nitrogens with two attached hydrogens (primary N) is 1. The molecule has 0 saturated heterocycles. The molecular formula is C27H23F3N6O. The Hall–Kier alpha value is -4.73. The summed E-state index contributed by atoms with van der Waals surface area (Å²) in [4.78, 5) is 20.8. The summed E-state index contributed by atoms with van der Waals surface area (Å²) in [6.45, 7) is 0.481. The van der Waals surface area contributed by atoms with Gasteiger partial charge in [0.05, 0.1) is 16.8 Å². The van der Waals surface area contributed by atoms with E-state index in [1.54, 1.807) is 24.3 Å². The predicted molar refractivity (Wildman–Crippen MR) is 137 cm³/mol. The molecule has 7 nitrogen and oxygen atoms in total. The Morgan fingerprint density at radius 3 is 2.41 bits per heavy atom. The summed E-state index contributed by atoms with van der Waals surface area (Å²) in [5.74, 6) is -0.0913. The van der Waals surface area contributed by atoms with Gasteiger partial charge >= 0.3 is 6.18 Å². The standard InChI is InChI=1S/C27H23F3N6O/c28-27(29,30)20-10-5-9-19(14-20)26(37)36-21-11-4-8-18(12-21)13-22(31)23-24(32)34-16-35-25(23)33-15-17-6-2-1-3-7-17/h1-12,14,16,31H,13,15H2,(H,36,37)(H3,32,33,34,35). The van der Waals surface area contributed by atoms with Crippen LogP contribution in [0.1, 0.15) is 32.6 Å². The number of hydrogen-bond donors (Lipinski definition) is 4. The van der Waals surface area contributed by atoms with Crippen molar-refractivity contribution in [3.8, 4) is 0 Å². The minimum Gasteiger partial charge on any atom is -0.383 e. The van der Waals surface area contributed by atoms with Crippen molar-refractivity contribution in [2.24, 2.45) is 0 Å². The molecule has 0 radical (unpaired) electrons. The first-order chi connectivity index (χ1) is 17.7. The topological polar surface area (TPSA) is 117 Å². The summed E-state index contributed by atoms with van der Waals surface area (Å²) in [6.07, 6.45) is -3.07. The van der Waals surface area contributed by atoms with Crippen molar-refractivity contribution in [1.82, 2.24) is 9.97 Å². The number of hydrogen-bond acceptors (Lipinski definition) is 6. The van der Waals surface area contributed by atoms with Gasteiger partial charge in [0.25, 0.3) is 5.91 Å². The Kier molecular flexibility index (Phi) is 7.47. The van der Waals surface area contributed by atoms with Gasteiger partial charge in [-0.25, -0.2) is 9.97 Å². The maximum Gasteiger partial charge on any atom is 0.416 e. The lowest BCUT2D eigenvalue weighted by atomic mass is 10.0. The molecule has 1 amide bonds. The molecule has 37 heavy (non-hydrogen) atoms. The third-order valence-electron chi connectivity index (χ3n) is 5.50. The smallest absolute Gasteiger partial charge is 0.383 e. The molecule has 0 aliphatic heterocycles. The average Bonchev–Trinajstić information content (AvgIpc) is 2.88. The van der Waals surface area contributed by atoms with Crippen molar-refractivity contribution in [1.29, 1.82) is 5.41 Å². The van der Waals surface area contributed by atoms with Crippen LogP contribution in [0, 0.1) is 5.41 Å². The number of amides is 1. The number of halogens is 3. The van der Waals surface area contributed by atoms with Crippen LogP contribution in [0.3, 0.4) is 0 Å². The van der Waals surface area contributed by atoms with Crippen molar-refractivity contribution < 1.29 is 18.0 Å². The fraction of sp³-hybridized carbons (Fsp3) is 0.111. The van der Waals surface area contributed by atoms with Gasteiger partial charge in [0.15, 0.2) is 0 Å². The Morgan fingerprint density at radius 2 is 1.65 bits per heavy atom. The zero-order chi connectivity index (χ0) is 26.4. The number of nitrogens with one attached hydrogen (secondary N) is 3. The van der Waals surface area contributed by atoms with Crippen LogP contribution in [0.5, 0.6) is 0 Å². The van der Waals surface area contributed by atoms with Gasteiger partial charge in [0.2, 0.25) is 0 Å². The Morgan fingerprint density at radius 1 is 0.919 bits per heavy atom. The van der Waals surface area contributed by atoms with E-state index in [1.165, 1.54) is 18.5 Å². The second kappa shape index (κ2) is 10.9. The van der Waals surface area contributed by atoms with Gasteiger partial charge in [0.1, 0.15) is 18.0 Å². The van der Waals surface area contributed by atoms with E-state index in [-0.39, 0.29) is 23.5 Å². The molecule has 0 aliphatic carbocycles. The van der Waals surface area contributed by atoms with Crippen LogP contribution < -0.4 is 16.4 Å². The highest BCUT2D eigenvalue weighted by Crippen LogP contribution is 2.30. The first kappa shape index (κ1) is 25.4. The Balaban J connectivity index is 1.48. The number of carbonyl (C=O) groups excluding carboxylic acids is 1. The zero-order valence-electron chi connectivity index (χ0n) is 19.5. The summed E-state index contributed by atoms with van der Waals surface area (Å²) in [7, 11) is 0. The van der Waals surface area contributed by atoms with E-state index in [4.69, 9.17) is 11.1 Å². The first-order valence-electron chi connectivity index (χ1n) is 11.2. The van der Waals surface area contributed by atoms with Gasteiger partial charge < -0.3 is 21.8 Å². The molecule has 4 aromatic rings. The number of nitrogens with zero attached hydrogens (tertiary/aromatic N) is 2. The Labute approximate surface area is 211 Å². The summed E-state index contributed by atoms with van der Waals surface area (Å²) in [5, 5.41) is 14.5. The van der Waals surface area contributed by atoms with Crippen LogP contribution in [0.4, 0.5) is 30.5 Å². The quantitative estimate of drug-likeness (QED) is 0.235. The van der Waals surface area contributed by atoms with E-state index in [1.807, 2.05) is 30.3 Å². The van der Waals surface area contributed by atoms with Crippen molar-refractivity contribution in [2.45, 2.75) is 19.1 Å². The highest BCUT2D eigenvalue weighted by molar-refractivity contribution is 6.07. The number of rotatable bonds is 8. The van der Waals surface area contributed by atoms with E-state index >= 15 is 0 Å². The Bertz CT molecular complexity index is 1420. The maximum atomic E-state index is 13.0. The van der Waals surface area contributed by atoms with Crippen LogP contribution in [0.15, 0.2) is 85.2 Å². The minimum atomic E-state index is -4.55. The van der Waals surface area contributed by atoms with Gasteiger partial charge in [0, 0.05) is 24.2 Å². The van der Waals surface area contributed by atoms with Gasteiger partial charge in [-0.3, -0.25) is 4.79 Å². The number of aromatic nitrogens is 2. The number of benzene rings is 3. The molecular weight excluding hydrogens is 481 g/mol. The highest BCUT2D eigenvalue weighted by Gasteiger charge is 2.30. The SMILES string of the molecule is N=C(Cc1cccc(NC(=O)c2cccc(C(F)(F)F)c2)c1)c1c(N)ncnc1NCc1ccccc1. The highest BCUT2D eigenvalue weighted by atomic mass is 19.4. The number of anilines is 3. The number of alkyl halides is 3. The third-order valence-corrected chi connectivity index (χ3v) is 5.50. The molecule has 0 atom stereocenters. The van der Waals surface area contributed by atoms with E-state index in [9.17, 15) is 18.0 Å². The largest absolute Gasteiger partial charge is 0.416 e. The lowest BCUT2D eigenvalue weighted by Gasteiger charge is -2.14. The molecule has 188 valence electrons. The first-order valence-corrected chi connectivity index (χ1v) is 11.2. The molecule has 0 unspecified atom stereocenters. The second-order valence-corrected chi connectivity index (χ2v) is 8.21. The molecule has 10 heteroatoms.